The maximum Gasteiger partial charge on any atom is 0.222 e. The summed E-state index contributed by atoms with van der Waals surface area (Å²) in [4.78, 5) is 16.1. The molecule has 0 saturated carbocycles. The number of β-amino-alcohol motifs (C(OH)–C–C–N with tert-alkyl or cyclic N) is 1. The number of likely N-dealkylation sites (N-methyl/N-ethyl adjacent to an activating group) is 1. The second kappa shape index (κ2) is 8.88. The zero-order valence-corrected chi connectivity index (χ0v) is 13.4. The van der Waals surface area contributed by atoms with E-state index in [2.05, 4.69) is 22.3 Å². The van der Waals surface area contributed by atoms with Gasteiger partial charge in [0.1, 0.15) is 0 Å². The molecule has 0 radical (unpaired) electrons. The number of nitrogens with one attached hydrogen (secondary N) is 1. The Morgan fingerprint density at radius 2 is 2.05 bits per heavy atom. The average Bonchev–Trinajstić information content (AvgIpc) is 2.68. The Morgan fingerprint density at radius 1 is 1.27 bits per heavy atom. The highest BCUT2D eigenvalue weighted by molar-refractivity contribution is 5.76. The van der Waals surface area contributed by atoms with Crippen molar-refractivity contribution >= 4 is 5.91 Å². The summed E-state index contributed by atoms with van der Waals surface area (Å²) in [6.45, 7) is 4.31. The molecule has 1 heterocycles. The normalized spacial score (nSPS) is 19.9. The molecule has 1 aliphatic rings. The summed E-state index contributed by atoms with van der Waals surface area (Å²) >= 11 is 0. The standard InChI is InChI=1S/C17H27N3O2/c1-19-10-11-20(14-16(21)13-19)17(22)8-5-9-18-12-15-6-3-2-4-7-15/h2-4,6-7,16,18,21H,5,8-14H2,1H3/t16-/m0/s1. The lowest BCUT2D eigenvalue weighted by Crippen LogP contribution is -2.37. The first-order valence-corrected chi connectivity index (χ1v) is 8.04. The first-order chi connectivity index (χ1) is 10.6. The van der Waals surface area contributed by atoms with Gasteiger partial charge in [0, 0.05) is 39.1 Å². The van der Waals surface area contributed by atoms with E-state index >= 15 is 0 Å². The zero-order chi connectivity index (χ0) is 15.8. The van der Waals surface area contributed by atoms with Crippen LogP contribution in [0.3, 0.4) is 0 Å². The van der Waals surface area contributed by atoms with E-state index in [1.165, 1.54) is 5.56 Å². The van der Waals surface area contributed by atoms with Crippen LogP contribution in [0.4, 0.5) is 0 Å². The van der Waals surface area contributed by atoms with Gasteiger partial charge in [0.05, 0.1) is 6.10 Å². The minimum Gasteiger partial charge on any atom is -0.390 e. The van der Waals surface area contributed by atoms with Gasteiger partial charge in [-0.1, -0.05) is 30.3 Å². The molecule has 22 heavy (non-hydrogen) atoms. The van der Waals surface area contributed by atoms with Crippen LogP contribution in [0.1, 0.15) is 18.4 Å². The molecule has 122 valence electrons. The highest BCUT2D eigenvalue weighted by Gasteiger charge is 2.22. The van der Waals surface area contributed by atoms with Crippen molar-refractivity contribution in [2.24, 2.45) is 0 Å². The number of rotatable bonds is 6. The van der Waals surface area contributed by atoms with Crippen LogP contribution in [0, 0.1) is 0 Å². The lowest BCUT2D eigenvalue weighted by molar-refractivity contribution is -0.132. The molecule has 1 aromatic rings. The topological polar surface area (TPSA) is 55.8 Å². The SMILES string of the molecule is CN1CCN(C(=O)CCCNCc2ccccc2)C[C@@H](O)C1. The highest BCUT2D eigenvalue weighted by Crippen LogP contribution is 2.05. The van der Waals surface area contributed by atoms with Crippen molar-refractivity contribution in [3.8, 4) is 0 Å². The van der Waals surface area contributed by atoms with Crippen molar-refractivity contribution in [1.82, 2.24) is 15.1 Å². The van der Waals surface area contributed by atoms with Crippen LogP contribution >= 0.6 is 0 Å². The zero-order valence-electron chi connectivity index (χ0n) is 13.4. The van der Waals surface area contributed by atoms with E-state index in [1.807, 2.05) is 25.2 Å². The molecule has 0 unspecified atom stereocenters. The Labute approximate surface area is 132 Å². The Kier molecular flexibility index (Phi) is 6.83. The van der Waals surface area contributed by atoms with Crippen LogP contribution in [-0.4, -0.2) is 66.7 Å². The maximum atomic E-state index is 12.2. The van der Waals surface area contributed by atoms with Crippen molar-refractivity contribution in [2.45, 2.75) is 25.5 Å². The third-order valence-corrected chi connectivity index (χ3v) is 3.97. The van der Waals surface area contributed by atoms with Gasteiger partial charge in [-0.05, 0) is 25.6 Å². The van der Waals surface area contributed by atoms with E-state index < -0.39 is 6.10 Å². The van der Waals surface area contributed by atoms with E-state index in [1.54, 1.807) is 4.90 Å². The molecule has 0 bridgehead atoms. The quantitative estimate of drug-likeness (QED) is 0.760. The molecule has 5 nitrogen and oxygen atoms in total. The Balaban J connectivity index is 1.63. The van der Waals surface area contributed by atoms with Crippen LogP contribution in [0.25, 0.3) is 0 Å². The third kappa shape index (κ3) is 5.75. The number of carbonyl (C=O) groups is 1. The number of carbonyl (C=O) groups excluding carboxylic acids is 1. The van der Waals surface area contributed by atoms with Gasteiger partial charge in [0.25, 0.3) is 0 Å². The third-order valence-electron chi connectivity index (χ3n) is 3.97. The molecule has 0 spiro atoms. The number of nitrogens with zero attached hydrogens (tertiary/aromatic N) is 2. The van der Waals surface area contributed by atoms with E-state index in [4.69, 9.17) is 0 Å². The van der Waals surface area contributed by atoms with Crippen molar-refractivity contribution in [2.75, 3.05) is 39.8 Å². The largest absolute Gasteiger partial charge is 0.390 e. The highest BCUT2D eigenvalue weighted by atomic mass is 16.3. The first-order valence-electron chi connectivity index (χ1n) is 8.04. The molecule has 5 heteroatoms. The van der Waals surface area contributed by atoms with Crippen LogP contribution in [0.15, 0.2) is 30.3 Å². The lowest BCUT2D eigenvalue weighted by atomic mass is 10.2. The van der Waals surface area contributed by atoms with Crippen molar-refractivity contribution in [3.05, 3.63) is 35.9 Å². The fraction of sp³-hybridized carbons (Fsp3) is 0.588. The second-order valence-corrected chi connectivity index (χ2v) is 6.02. The van der Waals surface area contributed by atoms with Crippen molar-refractivity contribution in [3.63, 3.8) is 0 Å². The van der Waals surface area contributed by atoms with Gasteiger partial charge in [0.2, 0.25) is 5.91 Å². The summed E-state index contributed by atoms with van der Waals surface area (Å²) < 4.78 is 0. The predicted molar refractivity (Wildman–Crippen MR) is 87.5 cm³/mol. The fourth-order valence-electron chi connectivity index (χ4n) is 2.72. The number of benzene rings is 1. The van der Waals surface area contributed by atoms with Gasteiger partial charge >= 0.3 is 0 Å². The van der Waals surface area contributed by atoms with E-state index in [-0.39, 0.29) is 5.91 Å². The van der Waals surface area contributed by atoms with Crippen LogP contribution in [-0.2, 0) is 11.3 Å². The summed E-state index contributed by atoms with van der Waals surface area (Å²) in [5.41, 5.74) is 1.26. The van der Waals surface area contributed by atoms with Gasteiger partial charge < -0.3 is 20.2 Å². The van der Waals surface area contributed by atoms with Gasteiger partial charge in [-0.3, -0.25) is 4.79 Å². The Bertz CT molecular complexity index is 452. The minimum atomic E-state index is -0.437. The summed E-state index contributed by atoms with van der Waals surface area (Å²) in [5.74, 6) is 0.149. The van der Waals surface area contributed by atoms with Gasteiger partial charge in [-0.25, -0.2) is 0 Å². The molecule has 2 N–H and O–H groups in total. The Hall–Kier alpha value is -1.43. The van der Waals surface area contributed by atoms with Crippen LogP contribution in [0.5, 0.6) is 0 Å². The summed E-state index contributed by atoms with van der Waals surface area (Å²) in [5, 5.41) is 13.2. The molecule has 1 atom stereocenters. The predicted octanol–water partition coefficient (Wildman–Crippen LogP) is 0.691. The number of amides is 1. The van der Waals surface area contributed by atoms with Crippen LogP contribution < -0.4 is 5.32 Å². The van der Waals surface area contributed by atoms with E-state index in [0.29, 0.717) is 26.1 Å². The molecule has 1 saturated heterocycles. The molecule has 1 amide bonds. The molecule has 1 aliphatic heterocycles. The second-order valence-electron chi connectivity index (χ2n) is 6.02. The molecular formula is C17H27N3O2. The van der Waals surface area contributed by atoms with Gasteiger partial charge in [-0.15, -0.1) is 0 Å². The summed E-state index contributed by atoms with van der Waals surface area (Å²) in [6.07, 6.45) is 0.930. The number of hydrogen-bond donors (Lipinski definition) is 2. The molecule has 2 rings (SSSR count). The minimum absolute atomic E-state index is 0.149. The molecule has 1 fully saturated rings. The number of aliphatic hydroxyl groups excluding tert-OH is 1. The molecule has 1 aromatic carbocycles. The maximum absolute atomic E-state index is 12.2. The summed E-state index contributed by atoms with van der Waals surface area (Å²) in [6, 6.07) is 10.3. The first kappa shape index (κ1) is 16.9. The molecular weight excluding hydrogens is 278 g/mol. The van der Waals surface area contributed by atoms with Gasteiger partial charge in [-0.2, -0.15) is 0 Å². The monoisotopic (exact) mass is 305 g/mol. The lowest BCUT2D eigenvalue weighted by Gasteiger charge is -2.21. The molecule has 0 aromatic heterocycles. The summed E-state index contributed by atoms with van der Waals surface area (Å²) in [7, 11) is 1.98. The van der Waals surface area contributed by atoms with Crippen LogP contribution in [0.2, 0.25) is 0 Å². The van der Waals surface area contributed by atoms with Gasteiger partial charge in [0.15, 0.2) is 0 Å². The van der Waals surface area contributed by atoms with Crippen molar-refractivity contribution in [1.29, 1.82) is 0 Å². The smallest absolute Gasteiger partial charge is 0.222 e. The Morgan fingerprint density at radius 3 is 2.82 bits per heavy atom. The molecule has 0 aliphatic carbocycles. The van der Waals surface area contributed by atoms with E-state index in [0.717, 1.165) is 26.1 Å². The number of hydrogen-bond acceptors (Lipinski definition) is 4. The fourth-order valence-corrected chi connectivity index (χ4v) is 2.72. The number of aliphatic hydroxyl groups is 1. The van der Waals surface area contributed by atoms with Crippen molar-refractivity contribution < 1.29 is 9.90 Å². The van der Waals surface area contributed by atoms with E-state index in [9.17, 15) is 9.90 Å². The average molecular weight is 305 g/mol.